The van der Waals surface area contributed by atoms with Gasteiger partial charge in [-0.2, -0.15) is 0 Å². The van der Waals surface area contributed by atoms with E-state index in [-0.39, 0.29) is 0 Å². The Labute approximate surface area is 323 Å². The van der Waals surface area contributed by atoms with Crippen LogP contribution in [-0.2, 0) is 5.41 Å². The van der Waals surface area contributed by atoms with Crippen molar-refractivity contribution in [2.24, 2.45) is 0 Å². The first-order valence-electron chi connectivity index (χ1n) is 19.5. The highest BCUT2D eigenvalue weighted by atomic mass is 16.3. The fraction of sp³-hybridized carbons (Fsp3) is 0.0182. The maximum atomic E-state index is 6.71. The molecule has 258 valence electrons. The second-order valence-electron chi connectivity index (χ2n) is 15.5. The van der Waals surface area contributed by atoms with E-state index >= 15 is 0 Å². The highest BCUT2D eigenvalue weighted by Gasteiger charge is 2.53. The fourth-order valence-corrected chi connectivity index (χ4v) is 10.7. The molecule has 0 aliphatic heterocycles. The van der Waals surface area contributed by atoms with Gasteiger partial charge >= 0.3 is 0 Å². The number of hydrogen-bond acceptors (Lipinski definition) is 1. The average Bonchev–Trinajstić information content (AvgIpc) is 3.90. The topological polar surface area (TPSA) is 13.1 Å². The molecule has 2 aliphatic rings. The van der Waals surface area contributed by atoms with Crippen LogP contribution in [0.25, 0.3) is 98.8 Å². The monoisotopic (exact) mass is 708 g/mol. The van der Waals surface area contributed by atoms with E-state index in [0.717, 1.165) is 27.3 Å². The lowest BCUT2D eigenvalue weighted by atomic mass is 9.68. The summed E-state index contributed by atoms with van der Waals surface area (Å²) in [4.78, 5) is 0. The fourth-order valence-electron chi connectivity index (χ4n) is 10.7. The van der Waals surface area contributed by atoms with Crippen LogP contribution < -0.4 is 0 Å². The standard InChI is InChI=1S/C55H32O/c1-4-17-37-33(13-1)16-11-23-41(37)46-31-35-15-3-5-18-39(35)52-44-29-28-36(38-22-12-26-50-51(38)45-30-27-34-14-2-6-19-40(34)54(45)56-50)32-49(44)55(53(46)52)47-24-9-7-20-42(47)43-21-8-10-25-48(43)55/h1-32H. The Morgan fingerprint density at radius 3 is 1.75 bits per heavy atom. The van der Waals surface area contributed by atoms with Gasteiger partial charge in [-0.05, 0) is 118 Å². The van der Waals surface area contributed by atoms with Crippen LogP contribution >= 0.6 is 0 Å². The highest BCUT2D eigenvalue weighted by molar-refractivity contribution is 6.19. The van der Waals surface area contributed by atoms with Gasteiger partial charge in [0.15, 0.2) is 0 Å². The molecule has 13 rings (SSSR count). The molecule has 0 atom stereocenters. The minimum atomic E-state index is -0.549. The van der Waals surface area contributed by atoms with Gasteiger partial charge < -0.3 is 4.42 Å². The maximum absolute atomic E-state index is 6.71. The molecular weight excluding hydrogens is 677 g/mol. The molecule has 0 unspecified atom stereocenters. The van der Waals surface area contributed by atoms with Crippen molar-refractivity contribution in [2.45, 2.75) is 5.41 Å². The van der Waals surface area contributed by atoms with E-state index in [0.29, 0.717) is 0 Å². The van der Waals surface area contributed by atoms with Crippen molar-refractivity contribution in [1.82, 2.24) is 0 Å². The third-order valence-electron chi connectivity index (χ3n) is 12.8. The van der Waals surface area contributed by atoms with E-state index in [4.69, 9.17) is 4.42 Å². The lowest BCUT2D eigenvalue weighted by Crippen LogP contribution is -2.26. The molecule has 0 saturated heterocycles. The Balaban J connectivity index is 1.19. The molecule has 2 aliphatic carbocycles. The zero-order chi connectivity index (χ0) is 36.5. The molecule has 1 spiro atoms. The zero-order valence-electron chi connectivity index (χ0n) is 30.4. The predicted octanol–water partition coefficient (Wildman–Crippen LogP) is 14.7. The highest BCUT2D eigenvalue weighted by Crippen LogP contribution is 2.66. The maximum Gasteiger partial charge on any atom is 0.143 e. The van der Waals surface area contributed by atoms with Crippen molar-refractivity contribution < 1.29 is 4.42 Å². The molecular formula is C55H32O. The van der Waals surface area contributed by atoms with Gasteiger partial charge in [-0.3, -0.25) is 0 Å². The summed E-state index contributed by atoms with van der Waals surface area (Å²) in [6, 6.07) is 72.2. The van der Waals surface area contributed by atoms with Crippen molar-refractivity contribution in [3.8, 4) is 44.5 Å². The third-order valence-corrected chi connectivity index (χ3v) is 12.8. The molecule has 0 fully saturated rings. The van der Waals surface area contributed by atoms with Gasteiger partial charge in [0.25, 0.3) is 0 Å². The van der Waals surface area contributed by atoms with E-state index in [2.05, 4.69) is 194 Å². The summed E-state index contributed by atoms with van der Waals surface area (Å²) < 4.78 is 6.71. The van der Waals surface area contributed by atoms with Crippen LogP contribution in [0.4, 0.5) is 0 Å². The Kier molecular flexibility index (Phi) is 5.89. The minimum Gasteiger partial charge on any atom is -0.455 e. The first-order chi connectivity index (χ1) is 27.8. The summed E-state index contributed by atoms with van der Waals surface area (Å²) in [6.45, 7) is 0. The van der Waals surface area contributed by atoms with Crippen LogP contribution in [0, 0.1) is 0 Å². The third kappa shape index (κ3) is 3.75. The van der Waals surface area contributed by atoms with Gasteiger partial charge in [0, 0.05) is 16.2 Å². The molecule has 0 amide bonds. The molecule has 0 N–H and O–H groups in total. The van der Waals surface area contributed by atoms with E-state index in [1.807, 2.05) is 0 Å². The first-order valence-corrected chi connectivity index (χ1v) is 19.5. The Bertz CT molecular complexity index is 3440. The normalized spacial score (nSPS) is 13.5. The van der Waals surface area contributed by atoms with Gasteiger partial charge in [0.1, 0.15) is 11.2 Å². The number of hydrogen-bond donors (Lipinski definition) is 0. The zero-order valence-corrected chi connectivity index (χ0v) is 30.4. The van der Waals surface area contributed by atoms with Crippen LogP contribution in [0.2, 0.25) is 0 Å². The lowest BCUT2D eigenvalue weighted by molar-refractivity contribution is 0.673. The van der Waals surface area contributed by atoms with Crippen molar-refractivity contribution >= 4 is 54.3 Å². The van der Waals surface area contributed by atoms with Crippen LogP contribution in [0.15, 0.2) is 199 Å². The van der Waals surface area contributed by atoms with Gasteiger partial charge in [-0.15, -0.1) is 0 Å². The van der Waals surface area contributed by atoms with Gasteiger partial charge in [-0.1, -0.05) is 170 Å². The first kappa shape index (κ1) is 30.1. The van der Waals surface area contributed by atoms with Gasteiger partial charge in [0.05, 0.1) is 5.41 Å². The predicted molar refractivity (Wildman–Crippen MR) is 233 cm³/mol. The molecule has 0 bridgehead atoms. The minimum absolute atomic E-state index is 0.549. The lowest BCUT2D eigenvalue weighted by Gasteiger charge is -2.33. The molecule has 0 radical (unpaired) electrons. The smallest absolute Gasteiger partial charge is 0.143 e. The van der Waals surface area contributed by atoms with Crippen molar-refractivity contribution in [3.63, 3.8) is 0 Å². The summed E-state index contributed by atoms with van der Waals surface area (Å²) >= 11 is 0. The molecule has 1 nitrogen and oxygen atoms in total. The SMILES string of the molecule is c1ccc2c(c1)-c1ccccc1C21c2cc(-c3cccc4oc5c6ccccc6ccc5c34)ccc2-c2c1c(-c1cccc3ccccc13)cc1ccccc21. The molecule has 11 aromatic rings. The molecule has 10 aromatic carbocycles. The molecule has 1 aromatic heterocycles. The van der Waals surface area contributed by atoms with E-state index < -0.39 is 5.41 Å². The largest absolute Gasteiger partial charge is 0.455 e. The molecule has 0 saturated carbocycles. The van der Waals surface area contributed by atoms with Gasteiger partial charge in [-0.25, -0.2) is 0 Å². The Morgan fingerprint density at radius 1 is 0.339 bits per heavy atom. The second kappa shape index (κ2) is 10.9. The summed E-state index contributed by atoms with van der Waals surface area (Å²) in [5.41, 5.74) is 16.9. The molecule has 56 heavy (non-hydrogen) atoms. The van der Waals surface area contributed by atoms with E-state index in [9.17, 15) is 0 Å². The van der Waals surface area contributed by atoms with Crippen LogP contribution in [-0.4, -0.2) is 0 Å². The van der Waals surface area contributed by atoms with E-state index in [1.54, 1.807) is 0 Å². The summed E-state index contributed by atoms with van der Waals surface area (Å²) in [5.74, 6) is 0. The Morgan fingerprint density at radius 2 is 0.946 bits per heavy atom. The van der Waals surface area contributed by atoms with Crippen molar-refractivity contribution in [3.05, 3.63) is 216 Å². The molecule has 1 heteroatoms. The second-order valence-corrected chi connectivity index (χ2v) is 15.5. The van der Waals surface area contributed by atoms with Crippen molar-refractivity contribution in [1.29, 1.82) is 0 Å². The van der Waals surface area contributed by atoms with Crippen LogP contribution in [0.3, 0.4) is 0 Å². The number of fused-ring (bicyclic) bond motifs is 18. The number of furan rings is 1. The number of benzene rings is 10. The summed E-state index contributed by atoms with van der Waals surface area (Å²) in [7, 11) is 0. The number of rotatable bonds is 2. The summed E-state index contributed by atoms with van der Waals surface area (Å²) in [5, 5.41) is 9.69. The quantitative estimate of drug-likeness (QED) is 0.174. The van der Waals surface area contributed by atoms with E-state index in [1.165, 1.54) is 93.7 Å². The van der Waals surface area contributed by atoms with Crippen LogP contribution in [0.5, 0.6) is 0 Å². The van der Waals surface area contributed by atoms with Gasteiger partial charge in [0.2, 0.25) is 0 Å². The average molecular weight is 709 g/mol. The Hall–Kier alpha value is -7.22. The van der Waals surface area contributed by atoms with Crippen LogP contribution in [0.1, 0.15) is 22.3 Å². The summed E-state index contributed by atoms with van der Waals surface area (Å²) in [6.07, 6.45) is 0. The van der Waals surface area contributed by atoms with Crippen molar-refractivity contribution in [2.75, 3.05) is 0 Å². The molecule has 1 heterocycles.